The minimum atomic E-state index is -0.488. The van der Waals surface area contributed by atoms with Gasteiger partial charge in [0.05, 0.1) is 12.2 Å². The first-order chi connectivity index (χ1) is 11.6. The second-order valence-corrected chi connectivity index (χ2v) is 7.49. The number of rotatable bonds is 7. The fraction of sp³-hybridized carbons (Fsp3) is 0.714. The SMILES string of the molecule is CC#CC[C@H](C)[C@@H](O)/C=C/[C@@H]1[C@H]2CC(=CCCCN)C[C@H]2C[C@H]1O. The van der Waals surface area contributed by atoms with E-state index in [0.717, 1.165) is 38.6 Å². The zero-order valence-electron chi connectivity index (χ0n) is 15.1. The molecule has 0 amide bonds. The molecule has 0 unspecified atom stereocenters. The Morgan fingerprint density at radius 2 is 2.17 bits per heavy atom. The van der Waals surface area contributed by atoms with Crippen molar-refractivity contribution in [2.24, 2.45) is 29.4 Å². The van der Waals surface area contributed by atoms with E-state index in [9.17, 15) is 10.2 Å². The number of unbranched alkanes of at least 4 members (excludes halogenated alkanes) is 1. The molecule has 2 fully saturated rings. The van der Waals surface area contributed by atoms with Crippen molar-refractivity contribution in [2.45, 2.75) is 64.6 Å². The molecule has 0 saturated heterocycles. The van der Waals surface area contributed by atoms with Crippen molar-refractivity contribution in [1.29, 1.82) is 0 Å². The molecular weight excluding hydrogens is 298 g/mol. The Labute approximate surface area is 147 Å². The van der Waals surface area contributed by atoms with Crippen LogP contribution in [-0.4, -0.2) is 29.0 Å². The van der Waals surface area contributed by atoms with Crippen molar-refractivity contribution in [1.82, 2.24) is 0 Å². The van der Waals surface area contributed by atoms with Crippen LogP contribution in [0.15, 0.2) is 23.8 Å². The Bertz CT molecular complexity index is 514. The van der Waals surface area contributed by atoms with Gasteiger partial charge < -0.3 is 15.9 Å². The van der Waals surface area contributed by atoms with Crippen molar-refractivity contribution in [3.8, 4) is 11.8 Å². The molecule has 3 heteroatoms. The molecule has 0 bridgehead atoms. The molecule has 2 aliphatic rings. The smallest absolute Gasteiger partial charge is 0.0755 e. The Hall–Kier alpha value is -1.08. The van der Waals surface area contributed by atoms with Crippen LogP contribution in [0.5, 0.6) is 0 Å². The third-order valence-corrected chi connectivity index (χ3v) is 5.67. The topological polar surface area (TPSA) is 66.5 Å². The molecule has 2 saturated carbocycles. The van der Waals surface area contributed by atoms with E-state index in [1.54, 1.807) is 0 Å². The Kier molecular flexibility index (Phi) is 7.55. The van der Waals surface area contributed by atoms with E-state index in [1.165, 1.54) is 5.57 Å². The van der Waals surface area contributed by atoms with Gasteiger partial charge in [-0.1, -0.05) is 30.7 Å². The number of hydrogen-bond donors (Lipinski definition) is 3. The highest BCUT2D eigenvalue weighted by molar-refractivity contribution is 5.18. The lowest BCUT2D eigenvalue weighted by Crippen LogP contribution is -2.19. The van der Waals surface area contributed by atoms with Gasteiger partial charge in [0.2, 0.25) is 0 Å². The lowest BCUT2D eigenvalue weighted by atomic mass is 9.89. The third-order valence-electron chi connectivity index (χ3n) is 5.67. The number of aliphatic hydroxyl groups is 2. The predicted octanol–water partition coefficient (Wildman–Crippen LogP) is 3.03. The van der Waals surface area contributed by atoms with Crippen molar-refractivity contribution in [3.63, 3.8) is 0 Å². The maximum absolute atomic E-state index is 10.4. The average molecular weight is 332 g/mol. The summed E-state index contributed by atoms with van der Waals surface area (Å²) in [6.45, 7) is 4.59. The van der Waals surface area contributed by atoms with Crippen LogP contribution in [0.2, 0.25) is 0 Å². The molecule has 0 radical (unpaired) electrons. The summed E-state index contributed by atoms with van der Waals surface area (Å²) in [5, 5.41) is 20.7. The molecule has 0 aromatic carbocycles. The zero-order valence-corrected chi connectivity index (χ0v) is 15.1. The summed E-state index contributed by atoms with van der Waals surface area (Å²) in [5.74, 6) is 7.32. The second kappa shape index (κ2) is 9.42. The number of aliphatic hydroxyl groups excluding tert-OH is 2. The zero-order chi connectivity index (χ0) is 17.5. The first kappa shape index (κ1) is 19.2. The average Bonchev–Trinajstić information content (AvgIpc) is 3.07. The molecule has 3 nitrogen and oxygen atoms in total. The van der Waals surface area contributed by atoms with Gasteiger partial charge in [0.15, 0.2) is 0 Å². The summed E-state index contributed by atoms with van der Waals surface area (Å²) in [6, 6.07) is 0. The number of fused-ring (bicyclic) bond motifs is 1. The predicted molar refractivity (Wildman–Crippen MR) is 99.1 cm³/mol. The molecule has 4 N–H and O–H groups in total. The van der Waals surface area contributed by atoms with Gasteiger partial charge in [0, 0.05) is 12.3 Å². The van der Waals surface area contributed by atoms with Gasteiger partial charge in [-0.05, 0) is 63.3 Å². The van der Waals surface area contributed by atoms with Gasteiger partial charge in [-0.3, -0.25) is 0 Å². The summed E-state index contributed by atoms with van der Waals surface area (Å²) in [6.07, 6.45) is 11.5. The van der Waals surface area contributed by atoms with Gasteiger partial charge in [-0.25, -0.2) is 0 Å². The van der Waals surface area contributed by atoms with Crippen LogP contribution in [0.4, 0.5) is 0 Å². The fourth-order valence-electron chi connectivity index (χ4n) is 4.18. The number of allylic oxidation sites excluding steroid dienone is 2. The maximum Gasteiger partial charge on any atom is 0.0755 e. The van der Waals surface area contributed by atoms with Crippen LogP contribution in [-0.2, 0) is 0 Å². The molecule has 0 aromatic heterocycles. The van der Waals surface area contributed by atoms with E-state index in [2.05, 4.69) is 24.0 Å². The van der Waals surface area contributed by atoms with Gasteiger partial charge in [-0.2, -0.15) is 0 Å². The van der Waals surface area contributed by atoms with Crippen LogP contribution in [0.3, 0.4) is 0 Å². The summed E-state index contributed by atoms with van der Waals surface area (Å²) >= 11 is 0. The van der Waals surface area contributed by atoms with Crippen LogP contribution >= 0.6 is 0 Å². The molecule has 6 atom stereocenters. The molecule has 0 aromatic rings. The van der Waals surface area contributed by atoms with Gasteiger partial charge in [-0.15, -0.1) is 11.8 Å². The van der Waals surface area contributed by atoms with Crippen molar-refractivity contribution >= 4 is 0 Å². The van der Waals surface area contributed by atoms with E-state index < -0.39 is 6.10 Å². The van der Waals surface area contributed by atoms with Crippen LogP contribution in [0.25, 0.3) is 0 Å². The molecule has 24 heavy (non-hydrogen) atoms. The largest absolute Gasteiger partial charge is 0.392 e. The number of nitrogens with two attached hydrogens (primary N) is 1. The highest BCUT2D eigenvalue weighted by Gasteiger charge is 2.44. The lowest BCUT2D eigenvalue weighted by Gasteiger charge is -2.19. The van der Waals surface area contributed by atoms with Crippen LogP contribution in [0, 0.1) is 35.5 Å². The summed E-state index contributed by atoms with van der Waals surface area (Å²) in [7, 11) is 0. The van der Waals surface area contributed by atoms with E-state index in [-0.39, 0.29) is 17.9 Å². The molecule has 0 heterocycles. The quantitative estimate of drug-likeness (QED) is 0.382. The molecule has 2 rings (SSSR count). The monoisotopic (exact) mass is 331 g/mol. The minimum absolute atomic E-state index is 0.123. The molecule has 0 aliphatic heterocycles. The van der Waals surface area contributed by atoms with E-state index in [4.69, 9.17) is 5.73 Å². The summed E-state index contributed by atoms with van der Waals surface area (Å²) in [5.41, 5.74) is 7.10. The van der Waals surface area contributed by atoms with Gasteiger partial charge in [0.1, 0.15) is 0 Å². The fourth-order valence-corrected chi connectivity index (χ4v) is 4.18. The minimum Gasteiger partial charge on any atom is -0.392 e. The Balaban J connectivity index is 1.93. The first-order valence-electron chi connectivity index (χ1n) is 9.38. The molecule has 2 aliphatic carbocycles. The van der Waals surface area contributed by atoms with Crippen molar-refractivity contribution < 1.29 is 10.2 Å². The Morgan fingerprint density at radius 3 is 2.88 bits per heavy atom. The molecule has 134 valence electrons. The standard InChI is InChI=1S/C21H33NO2/c1-3-4-7-15(2)20(23)10-9-18-19-13-16(8-5-6-11-22)12-17(19)14-21(18)24/h8-10,15,17-21,23-24H,5-7,11-14,22H2,1-2H3/b10-9+,16-8?/t15-,17-,18+,19-,20-,21+/m0/s1. The van der Waals surface area contributed by atoms with Crippen molar-refractivity contribution in [2.75, 3.05) is 6.54 Å². The second-order valence-electron chi connectivity index (χ2n) is 7.49. The maximum atomic E-state index is 10.4. The van der Waals surface area contributed by atoms with Gasteiger partial charge in [0.25, 0.3) is 0 Å². The van der Waals surface area contributed by atoms with E-state index in [0.29, 0.717) is 18.3 Å². The summed E-state index contributed by atoms with van der Waals surface area (Å²) < 4.78 is 0. The Morgan fingerprint density at radius 1 is 1.38 bits per heavy atom. The molecular formula is C21H33NO2. The molecule has 0 spiro atoms. The van der Waals surface area contributed by atoms with Crippen LogP contribution < -0.4 is 5.73 Å². The van der Waals surface area contributed by atoms with Crippen LogP contribution in [0.1, 0.15) is 52.4 Å². The van der Waals surface area contributed by atoms with E-state index in [1.807, 2.05) is 19.9 Å². The number of hydrogen-bond acceptors (Lipinski definition) is 3. The summed E-state index contributed by atoms with van der Waals surface area (Å²) in [4.78, 5) is 0. The normalized spacial score (nSPS) is 33.5. The first-order valence-corrected chi connectivity index (χ1v) is 9.38. The highest BCUT2D eigenvalue weighted by Crippen LogP contribution is 2.50. The van der Waals surface area contributed by atoms with Gasteiger partial charge >= 0.3 is 0 Å². The third kappa shape index (κ3) is 4.96. The highest BCUT2D eigenvalue weighted by atomic mass is 16.3. The lowest BCUT2D eigenvalue weighted by molar-refractivity contribution is 0.137. The van der Waals surface area contributed by atoms with Crippen molar-refractivity contribution in [3.05, 3.63) is 23.8 Å². The van der Waals surface area contributed by atoms with E-state index >= 15 is 0 Å².